The van der Waals surface area contributed by atoms with Gasteiger partial charge in [-0.25, -0.2) is 0 Å². The van der Waals surface area contributed by atoms with Crippen molar-refractivity contribution in [1.82, 2.24) is 5.32 Å². The predicted molar refractivity (Wildman–Crippen MR) is 67.2 cm³/mol. The van der Waals surface area contributed by atoms with Crippen LogP contribution < -0.4 is 11.1 Å². The van der Waals surface area contributed by atoms with Crippen LogP contribution in [0.15, 0.2) is 5.16 Å². The number of ether oxygens (including phenoxy) is 1. The second-order valence-electron chi connectivity index (χ2n) is 4.15. The van der Waals surface area contributed by atoms with Crippen LogP contribution >= 0.6 is 0 Å². The monoisotopic (exact) mass is 247 g/mol. The molecule has 0 saturated carbocycles. The molecular formula is C11H25N3O3. The molecule has 0 radical (unpaired) electrons. The van der Waals surface area contributed by atoms with Crippen LogP contribution in [0.4, 0.5) is 0 Å². The van der Waals surface area contributed by atoms with Crippen molar-refractivity contribution >= 4 is 5.84 Å². The fourth-order valence-corrected chi connectivity index (χ4v) is 1.30. The average Bonchev–Trinajstić information content (AvgIpc) is 2.36. The maximum absolute atomic E-state index is 9.99. The van der Waals surface area contributed by atoms with Crippen LogP contribution in [0.1, 0.15) is 33.6 Å². The highest BCUT2D eigenvalue weighted by atomic mass is 16.5. The summed E-state index contributed by atoms with van der Waals surface area (Å²) in [5.74, 6) is 0.0589. The first-order valence-electron chi connectivity index (χ1n) is 6.01. The van der Waals surface area contributed by atoms with Gasteiger partial charge in [-0.05, 0) is 19.8 Å². The molecule has 0 aromatic rings. The molecule has 0 spiro atoms. The first-order valence-corrected chi connectivity index (χ1v) is 6.01. The normalized spacial score (nSPS) is 14.9. The van der Waals surface area contributed by atoms with E-state index in [1.54, 1.807) is 6.92 Å². The molecule has 6 heteroatoms. The molecule has 102 valence electrons. The van der Waals surface area contributed by atoms with E-state index < -0.39 is 11.7 Å². The van der Waals surface area contributed by atoms with E-state index in [4.69, 9.17) is 15.7 Å². The van der Waals surface area contributed by atoms with E-state index in [2.05, 4.69) is 10.5 Å². The van der Waals surface area contributed by atoms with Gasteiger partial charge in [-0.2, -0.15) is 0 Å². The van der Waals surface area contributed by atoms with Crippen LogP contribution in [-0.4, -0.2) is 47.6 Å². The van der Waals surface area contributed by atoms with Gasteiger partial charge in [-0.3, -0.25) is 0 Å². The van der Waals surface area contributed by atoms with Gasteiger partial charge in [0.1, 0.15) is 6.10 Å². The van der Waals surface area contributed by atoms with E-state index in [0.717, 1.165) is 12.8 Å². The smallest absolute Gasteiger partial charge is 0.168 e. The van der Waals surface area contributed by atoms with E-state index >= 15 is 0 Å². The first kappa shape index (κ1) is 16.1. The van der Waals surface area contributed by atoms with Crippen molar-refractivity contribution in [1.29, 1.82) is 0 Å². The van der Waals surface area contributed by atoms with Crippen LogP contribution in [0.2, 0.25) is 0 Å². The summed E-state index contributed by atoms with van der Waals surface area (Å²) in [5, 5.41) is 24.4. The molecule has 0 aliphatic heterocycles. The van der Waals surface area contributed by atoms with E-state index in [1.165, 1.54) is 0 Å². The molecule has 0 rings (SSSR count). The Hall–Kier alpha value is -0.850. The third kappa shape index (κ3) is 6.45. The number of hydrogen-bond acceptors (Lipinski definition) is 5. The SMILES string of the molecule is CCC(O)(CC)CNCCOC(C)C(N)=NO. The minimum absolute atomic E-state index is 0.0589. The topological polar surface area (TPSA) is 100 Å². The molecular weight excluding hydrogens is 222 g/mol. The van der Waals surface area contributed by atoms with Gasteiger partial charge in [0.2, 0.25) is 0 Å². The van der Waals surface area contributed by atoms with Gasteiger partial charge in [0, 0.05) is 13.1 Å². The number of amidine groups is 1. The lowest BCUT2D eigenvalue weighted by atomic mass is 9.98. The Kier molecular flexibility index (Phi) is 7.86. The Morgan fingerprint density at radius 3 is 2.53 bits per heavy atom. The fraction of sp³-hybridized carbons (Fsp3) is 0.909. The molecule has 6 nitrogen and oxygen atoms in total. The van der Waals surface area contributed by atoms with Gasteiger partial charge in [-0.15, -0.1) is 0 Å². The zero-order chi connectivity index (χ0) is 13.3. The molecule has 0 amide bonds. The Morgan fingerprint density at radius 2 is 2.06 bits per heavy atom. The molecule has 0 fully saturated rings. The molecule has 17 heavy (non-hydrogen) atoms. The van der Waals surface area contributed by atoms with Gasteiger partial charge in [0.05, 0.1) is 12.2 Å². The lowest BCUT2D eigenvalue weighted by molar-refractivity contribution is 0.0293. The zero-order valence-corrected chi connectivity index (χ0v) is 10.9. The quantitative estimate of drug-likeness (QED) is 0.154. The molecule has 0 aliphatic carbocycles. The molecule has 0 aliphatic rings. The second-order valence-corrected chi connectivity index (χ2v) is 4.15. The highest BCUT2D eigenvalue weighted by Crippen LogP contribution is 2.12. The number of hydrogen-bond donors (Lipinski definition) is 4. The highest BCUT2D eigenvalue weighted by molar-refractivity contribution is 5.83. The second kappa shape index (κ2) is 8.27. The zero-order valence-electron chi connectivity index (χ0n) is 10.9. The van der Waals surface area contributed by atoms with E-state index in [9.17, 15) is 5.11 Å². The van der Waals surface area contributed by atoms with Crippen molar-refractivity contribution in [3.05, 3.63) is 0 Å². The molecule has 1 unspecified atom stereocenters. The van der Waals surface area contributed by atoms with Crippen LogP contribution in [0, 0.1) is 0 Å². The van der Waals surface area contributed by atoms with Gasteiger partial charge in [0.15, 0.2) is 5.84 Å². The summed E-state index contributed by atoms with van der Waals surface area (Å²) in [4.78, 5) is 0. The maximum atomic E-state index is 9.99. The van der Waals surface area contributed by atoms with E-state index in [0.29, 0.717) is 19.7 Å². The number of oxime groups is 1. The summed E-state index contributed by atoms with van der Waals surface area (Å²) in [7, 11) is 0. The minimum Gasteiger partial charge on any atom is -0.409 e. The van der Waals surface area contributed by atoms with Crippen LogP contribution in [0.5, 0.6) is 0 Å². The fourth-order valence-electron chi connectivity index (χ4n) is 1.30. The lowest BCUT2D eigenvalue weighted by Gasteiger charge is -2.25. The molecule has 0 heterocycles. The Bertz CT molecular complexity index is 230. The molecule has 0 aromatic heterocycles. The van der Waals surface area contributed by atoms with Crippen LogP contribution in [-0.2, 0) is 4.74 Å². The third-order valence-electron chi connectivity index (χ3n) is 2.95. The van der Waals surface area contributed by atoms with Crippen molar-refractivity contribution in [2.75, 3.05) is 19.7 Å². The molecule has 0 aromatic carbocycles. The van der Waals surface area contributed by atoms with Gasteiger partial charge in [0.25, 0.3) is 0 Å². The summed E-state index contributed by atoms with van der Waals surface area (Å²) < 4.78 is 5.32. The number of nitrogens with zero attached hydrogens (tertiary/aromatic N) is 1. The van der Waals surface area contributed by atoms with Gasteiger partial charge < -0.3 is 26.1 Å². The predicted octanol–water partition coefficient (Wildman–Crippen LogP) is 0.279. The Morgan fingerprint density at radius 1 is 1.47 bits per heavy atom. The van der Waals surface area contributed by atoms with Crippen molar-refractivity contribution in [3.8, 4) is 0 Å². The summed E-state index contributed by atoms with van der Waals surface area (Å²) in [6.45, 7) is 7.24. The maximum Gasteiger partial charge on any atom is 0.168 e. The molecule has 1 atom stereocenters. The Labute approximate surface area is 103 Å². The van der Waals surface area contributed by atoms with Crippen molar-refractivity contribution < 1.29 is 15.1 Å². The van der Waals surface area contributed by atoms with Crippen molar-refractivity contribution in [3.63, 3.8) is 0 Å². The first-order chi connectivity index (χ1) is 7.99. The Balaban J connectivity index is 3.66. The van der Waals surface area contributed by atoms with Crippen LogP contribution in [0.25, 0.3) is 0 Å². The lowest BCUT2D eigenvalue weighted by Crippen LogP contribution is -2.41. The van der Waals surface area contributed by atoms with Crippen LogP contribution in [0.3, 0.4) is 0 Å². The number of nitrogens with two attached hydrogens (primary N) is 1. The summed E-state index contributed by atoms with van der Waals surface area (Å²) >= 11 is 0. The molecule has 0 bridgehead atoms. The summed E-state index contributed by atoms with van der Waals surface area (Å²) in [6, 6.07) is 0. The number of aliphatic hydroxyl groups is 1. The van der Waals surface area contributed by atoms with Crippen molar-refractivity contribution in [2.45, 2.75) is 45.3 Å². The molecule has 5 N–H and O–H groups in total. The molecule has 0 saturated heterocycles. The van der Waals surface area contributed by atoms with Gasteiger partial charge in [-0.1, -0.05) is 19.0 Å². The highest BCUT2D eigenvalue weighted by Gasteiger charge is 2.20. The summed E-state index contributed by atoms with van der Waals surface area (Å²) in [6.07, 6.45) is 1.04. The standard InChI is InChI=1S/C11H25N3O3/c1-4-11(15,5-2)8-13-6-7-17-9(3)10(12)14-16/h9,13,15-16H,4-8H2,1-3H3,(H2,12,14). The van der Waals surface area contributed by atoms with E-state index in [1.807, 2.05) is 13.8 Å². The summed E-state index contributed by atoms with van der Waals surface area (Å²) in [5.41, 5.74) is 4.72. The minimum atomic E-state index is -0.642. The number of nitrogens with one attached hydrogen (secondary N) is 1. The van der Waals surface area contributed by atoms with Crippen molar-refractivity contribution in [2.24, 2.45) is 10.9 Å². The largest absolute Gasteiger partial charge is 0.409 e. The van der Waals surface area contributed by atoms with Gasteiger partial charge >= 0.3 is 0 Å². The third-order valence-corrected chi connectivity index (χ3v) is 2.95. The average molecular weight is 247 g/mol. The number of rotatable bonds is 9. The van der Waals surface area contributed by atoms with E-state index in [-0.39, 0.29) is 5.84 Å².